The molecule has 0 spiro atoms. The molecule has 0 aliphatic carbocycles. The molecule has 3 heterocycles. The number of aromatic nitrogens is 1. The van der Waals surface area contributed by atoms with Gasteiger partial charge in [0.1, 0.15) is 10.0 Å². The average Bonchev–Trinajstić information content (AvgIpc) is 3.34. The molecule has 0 atom stereocenters. The number of hydrogen-bond acceptors (Lipinski definition) is 8. The van der Waals surface area contributed by atoms with Gasteiger partial charge in [0.25, 0.3) is 10.0 Å². The number of fused-ring (bicyclic) bond motifs is 1. The minimum atomic E-state index is -3.76. The molecular weight excluding hydrogens is 490 g/mol. The molecule has 1 aliphatic heterocycles. The van der Waals surface area contributed by atoms with E-state index in [1.165, 1.54) is 18.2 Å². The van der Waals surface area contributed by atoms with Crippen molar-refractivity contribution in [1.29, 1.82) is 0 Å². The first-order valence-electron chi connectivity index (χ1n) is 11.1. The van der Waals surface area contributed by atoms with Crippen LogP contribution in [0.1, 0.15) is 24.2 Å². The molecule has 3 N–H and O–H groups in total. The number of pyridine rings is 1. The van der Waals surface area contributed by atoms with Crippen LogP contribution in [0.2, 0.25) is 0 Å². The highest BCUT2D eigenvalue weighted by molar-refractivity contribution is 7.94. The summed E-state index contributed by atoms with van der Waals surface area (Å²) in [5.74, 6) is -0.607. The standard InChI is InChI=1S/C23H27N5O5S2/c1-15(2)24-21(29)14-27-7-9-28(10-8-27)20-13-18(23(30)31)17-12-16(5-6-19(17)25-20)26-35(32,33)22-4-3-11-34-22/h3-6,11-13,15,26H,7-10,14H2,1-2H3,(H,24,29)(H,30,31). The SMILES string of the molecule is CC(C)NC(=O)CN1CCN(c2cc(C(=O)O)c3cc(NS(=O)(=O)c4cccs4)ccc3n2)CC1. The van der Waals surface area contributed by atoms with E-state index in [0.29, 0.717) is 49.4 Å². The molecule has 2 aromatic heterocycles. The molecule has 1 amide bonds. The minimum absolute atomic E-state index is 0.0176. The number of hydrogen-bond donors (Lipinski definition) is 3. The van der Waals surface area contributed by atoms with Gasteiger partial charge < -0.3 is 15.3 Å². The van der Waals surface area contributed by atoms with Crippen molar-refractivity contribution in [2.75, 3.05) is 42.3 Å². The molecule has 1 fully saturated rings. The number of nitrogens with one attached hydrogen (secondary N) is 2. The van der Waals surface area contributed by atoms with Crippen LogP contribution in [-0.4, -0.2) is 74.1 Å². The summed E-state index contributed by atoms with van der Waals surface area (Å²) in [6.45, 7) is 6.66. The van der Waals surface area contributed by atoms with Crippen molar-refractivity contribution in [2.24, 2.45) is 0 Å². The van der Waals surface area contributed by atoms with Crippen LogP contribution in [0.4, 0.5) is 11.5 Å². The van der Waals surface area contributed by atoms with Crippen molar-refractivity contribution in [1.82, 2.24) is 15.2 Å². The van der Waals surface area contributed by atoms with Gasteiger partial charge in [-0.1, -0.05) is 6.07 Å². The predicted octanol–water partition coefficient (Wildman–Crippen LogP) is 2.44. The summed E-state index contributed by atoms with van der Waals surface area (Å²) in [6, 6.07) is 9.43. The number of carboxylic acid groups (broad SMARTS) is 1. The van der Waals surface area contributed by atoms with E-state index in [1.807, 2.05) is 18.7 Å². The van der Waals surface area contributed by atoms with Gasteiger partial charge in [0, 0.05) is 43.3 Å². The Kier molecular flexibility index (Phi) is 7.24. The quantitative estimate of drug-likeness (QED) is 0.415. The summed E-state index contributed by atoms with van der Waals surface area (Å²) in [5.41, 5.74) is 0.759. The van der Waals surface area contributed by atoms with Gasteiger partial charge in [-0.25, -0.2) is 18.2 Å². The number of anilines is 2. The lowest BCUT2D eigenvalue weighted by Gasteiger charge is -2.35. The van der Waals surface area contributed by atoms with Crippen LogP contribution in [0.15, 0.2) is 46.0 Å². The van der Waals surface area contributed by atoms with Gasteiger partial charge >= 0.3 is 5.97 Å². The maximum atomic E-state index is 12.6. The minimum Gasteiger partial charge on any atom is -0.478 e. The van der Waals surface area contributed by atoms with E-state index >= 15 is 0 Å². The van der Waals surface area contributed by atoms with Crippen LogP contribution in [0, 0.1) is 0 Å². The van der Waals surface area contributed by atoms with Crippen molar-refractivity contribution in [3.05, 3.63) is 47.3 Å². The number of carbonyl (C=O) groups is 2. The number of piperazine rings is 1. The zero-order chi connectivity index (χ0) is 25.2. The second-order valence-electron chi connectivity index (χ2n) is 8.59. The van der Waals surface area contributed by atoms with Gasteiger partial charge in [0.15, 0.2) is 0 Å². The molecule has 10 nitrogen and oxygen atoms in total. The molecule has 3 aromatic rings. The second-order valence-corrected chi connectivity index (χ2v) is 11.4. The fourth-order valence-corrected chi connectivity index (χ4v) is 5.98. The summed E-state index contributed by atoms with van der Waals surface area (Å²) in [4.78, 5) is 32.8. The first-order chi connectivity index (χ1) is 16.6. The molecule has 1 saturated heterocycles. The number of nitrogens with zero attached hydrogens (tertiary/aromatic N) is 3. The number of carbonyl (C=O) groups excluding carboxylic acids is 1. The molecule has 4 rings (SSSR count). The van der Waals surface area contributed by atoms with Crippen molar-refractivity contribution < 1.29 is 23.1 Å². The highest BCUT2D eigenvalue weighted by atomic mass is 32.2. The van der Waals surface area contributed by atoms with Crippen molar-refractivity contribution in [3.63, 3.8) is 0 Å². The van der Waals surface area contributed by atoms with Gasteiger partial charge in [0.2, 0.25) is 5.91 Å². The number of sulfonamides is 1. The number of amides is 1. The molecule has 0 saturated carbocycles. The zero-order valence-corrected chi connectivity index (χ0v) is 21.0. The van der Waals surface area contributed by atoms with Gasteiger partial charge in [-0.15, -0.1) is 11.3 Å². The Morgan fingerprint density at radius 1 is 1.14 bits per heavy atom. The van der Waals surface area contributed by atoms with E-state index in [-0.39, 0.29) is 27.4 Å². The van der Waals surface area contributed by atoms with Crippen LogP contribution in [0.25, 0.3) is 10.9 Å². The van der Waals surface area contributed by atoms with Crippen LogP contribution < -0.4 is 14.9 Å². The third-order valence-corrected chi connectivity index (χ3v) is 8.33. The third-order valence-electron chi connectivity index (χ3n) is 5.55. The zero-order valence-electron chi connectivity index (χ0n) is 19.4. The molecule has 0 radical (unpaired) electrons. The Balaban J connectivity index is 1.53. The Hall–Kier alpha value is -3.22. The maximum Gasteiger partial charge on any atom is 0.336 e. The summed E-state index contributed by atoms with van der Waals surface area (Å²) < 4.78 is 27.8. The van der Waals surface area contributed by atoms with Crippen molar-refractivity contribution in [2.45, 2.75) is 24.1 Å². The van der Waals surface area contributed by atoms with Gasteiger partial charge in [0.05, 0.1) is 17.6 Å². The van der Waals surface area contributed by atoms with Crippen LogP contribution in [-0.2, 0) is 14.8 Å². The highest BCUT2D eigenvalue weighted by Gasteiger charge is 2.23. The van der Waals surface area contributed by atoms with Crippen LogP contribution in [0.3, 0.4) is 0 Å². The molecule has 0 unspecified atom stereocenters. The number of aromatic carboxylic acids is 1. The van der Waals surface area contributed by atoms with E-state index in [9.17, 15) is 23.1 Å². The monoisotopic (exact) mass is 517 g/mol. The van der Waals surface area contributed by atoms with E-state index < -0.39 is 16.0 Å². The number of thiophene rings is 1. The number of rotatable bonds is 8. The largest absolute Gasteiger partial charge is 0.478 e. The van der Waals surface area contributed by atoms with Crippen molar-refractivity contribution >= 4 is 55.6 Å². The lowest BCUT2D eigenvalue weighted by atomic mass is 10.1. The maximum absolute atomic E-state index is 12.6. The first kappa shape index (κ1) is 24.9. The Morgan fingerprint density at radius 2 is 1.89 bits per heavy atom. The van der Waals surface area contributed by atoms with Gasteiger partial charge in [-0.05, 0) is 49.6 Å². The Bertz CT molecular complexity index is 1330. The van der Waals surface area contributed by atoms with Crippen molar-refractivity contribution in [3.8, 4) is 0 Å². The van der Waals surface area contributed by atoms with E-state index in [0.717, 1.165) is 11.3 Å². The summed E-state index contributed by atoms with van der Waals surface area (Å²) in [6.07, 6.45) is 0. The van der Waals surface area contributed by atoms with Gasteiger partial charge in [-0.3, -0.25) is 14.4 Å². The summed E-state index contributed by atoms with van der Waals surface area (Å²) >= 11 is 1.10. The molecule has 1 aliphatic rings. The number of benzene rings is 1. The lowest BCUT2D eigenvalue weighted by molar-refractivity contribution is -0.122. The number of carboxylic acids is 1. The van der Waals surface area contributed by atoms with Gasteiger partial charge in [-0.2, -0.15) is 0 Å². The van der Waals surface area contributed by atoms with Crippen LogP contribution in [0.5, 0.6) is 0 Å². The van der Waals surface area contributed by atoms with E-state index in [2.05, 4.69) is 19.9 Å². The van der Waals surface area contributed by atoms with Crippen LogP contribution >= 0.6 is 11.3 Å². The fourth-order valence-electron chi connectivity index (χ4n) is 3.94. The summed E-state index contributed by atoms with van der Waals surface area (Å²) in [7, 11) is -3.76. The summed E-state index contributed by atoms with van der Waals surface area (Å²) in [5, 5.41) is 14.8. The molecule has 35 heavy (non-hydrogen) atoms. The van der Waals surface area contributed by atoms with E-state index in [4.69, 9.17) is 0 Å². The molecule has 186 valence electrons. The Labute approximate surface area is 207 Å². The molecule has 12 heteroatoms. The highest BCUT2D eigenvalue weighted by Crippen LogP contribution is 2.28. The second kappa shape index (κ2) is 10.2. The molecule has 0 bridgehead atoms. The normalized spacial score (nSPS) is 14.9. The first-order valence-corrected chi connectivity index (χ1v) is 13.5. The third kappa shape index (κ3) is 5.89. The molecule has 1 aromatic carbocycles. The lowest BCUT2D eigenvalue weighted by Crippen LogP contribution is -2.50. The predicted molar refractivity (Wildman–Crippen MR) is 136 cm³/mol. The smallest absolute Gasteiger partial charge is 0.336 e. The fraction of sp³-hybridized carbons (Fsp3) is 0.348. The Morgan fingerprint density at radius 3 is 2.51 bits per heavy atom. The average molecular weight is 518 g/mol. The van der Waals surface area contributed by atoms with E-state index in [1.54, 1.807) is 23.6 Å². The topological polar surface area (TPSA) is 132 Å². The molecular formula is C23H27N5O5S2.